The molecule has 0 aromatic carbocycles. The predicted octanol–water partition coefficient (Wildman–Crippen LogP) is 1.06. The van der Waals surface area contributed by atoms with Gasteiger partial charge in [0.1, 0.15) is 0 Å². The molecule has 0 aliphatic rings. The number of carbonyl (C=O) groups excluding carboxylic acids is 2. The van der Waals surface area contributed by atoms with Crippen molar-refractivity contribution in [2.45, 2.75) is 19.8 Å². The van der Waals surface area contributed by atoms with Crippen molar-refractivity contribution in [2.24, 2.45) is 0 Å². The third-order valence-corrected chi connectivity index (χ3v) is 2.74. The van der Waals surface area contributed by atoms with E-state index in [1.54, 1.807) is 13.8 Å². The maximum atomic E-state index is 11.7. The zero-order chi connectivity index (χ0) is 12.8. The van der Waals surface area contributed by atoms with Crippen molar-refractivity contribution in [1.29, 1.82) is 0 Å². The Bertz CT molecular complexity index is 385. The minimum atomic E-state index is -1.26. The van der Waals surface area contributed by atoms with E-state index in [2.05, 4.69) is 4.37 Å². The van der Waals surface area contributed by atoms with E-state index in [0.29, 0.717) is 0 Å². The molecule has 0 unspecified atom stereocenters. The summed E-state index contributed by atoms with van der Waals surface area (Å²) in [5, 5.41) is 9.49. The number of nitrogens with zero attached hydrogens (tertiary/aromatic N) is 1. The number of ether oxygens (including phenoxy) is 2. The van der Waals surface area contributed by atoms with Crippen molar-refractivity contribution in [2.75, 3.05) is 13.2 Å². The Hall–Kier alpha value is -1.63. The van der Waals surface area contributed by atoms with E-state index in [4.69, 9.17) is 9.47 Å². The van der Waals surface area contributed by atoms with Crippen LogP contribution in [0.25, 0.3) is 0 Å². The second kappa shape index (κ2) is 6.19. The van der Waals surface area contributed by atoms with E-state index < -0.39 is 17.9 Å². The van der Waals surface area contributed by atoms with E-state index in [0.717, 1.165) is 11.5 Å². The highest BCUT2D eigenvalue weighted by Crippen LogP contribution is 2.31. The summed E-state index contributed by atoms with van der Waals surface area (Å²) in [6, 6.07) is 0. The van der Waals surface area contributed by atoms with Gasteiger partial charge in [0.2, 0.25) is 0 Å². The molecule has 0 amide bonds. The van der Waals surface area contributed by atoms with Crippen LogP contribution in [-0.4, -0.2) is 34.6 Å². The first-order valence-corrected chi connectivity index (χ1v) is 5.85. The molecule has 94 valence electrons. The van der Waals surface area contributed by atoms with Crippen LogP contribution in [0, 0.1) is 0 Å². The van der Waals surface area contributed by atoms with Crippen LogP contribution in [-0.2, 0) is 19.1 Å². The number of rotatable bonds is 5. The van der Waals surface area contributed by atoms with Crippen LogP contribution >= 0.6 is 11.5 Å². The third kappa shape index (κ3) is 3.16. The van der Waals surface area contributed by atoms with E-state index in [1.165, 1.54) is 6.20 Å². The van der Waals surface area contributed by atoms with Crippen LogP contribution in [0.4, 0.5) is 0 Å². The summed E-state index contributed by atoms with van der Waals surface area (Å²) in [4.78, 5) is 23.5. The molecule has 0 spiro atoms. The summed E-state index contributed by atoms with van der Waals surface area (Å²) >= 11 is 0.864. The smallest absolute Gasteiger partial charge is 0.325 e. The van der Waals surface area contributed by atoms with Crippen molar-refractivity contribution in [3.63, 3.8) is 0 Å². The fourth-order valence-corrected chi connectivity index (χ4v) is 1.92. The lowest BCUT2D eigenvalue weighted by Gasteiger charge is -2.12. The quantitative estimate of drug-likeness (QED) is 0.628. The monoisotopic (exact) mass is 259 g/mol. The molecular weight excluding hydrogens is 246 g/mol. The molecule has 6 nitrogen and oxygen atoms in total. The van der Waals surface area contributed by atoms with Gasteiger partial charge in [-0.25, -0.2) is 0 Å². The first kappa shape index (κ1) is 13.4. The van der Waals surface area contributed by atoms with Crippen LogP contribution in [0.5, 0.6) is 5.75 Å². The van der Waals surface area contributed by atoms with Crippen LogP contribution in [0.2, 0.25) is 0 Å². The summed E-state index contributed by atoms with van der Waals surface area (Å²) in [5.41, 5.74) is 0. The number of carbonyl (C=O) groups is 2. The Kier molecular flexibility index (Phi) is 4.89. The number of hydrogen-bond acceptors (Lipinski definition) is 7. The van der Waals surface area contributed by atoms with Crippen molar-refractivity contribution in [3.05, 3.63) is 11.1 Å². The van der Waals surface area contributed by atoms with Gasteiger partial charge in [-0.05, 0) is 25.4 Å². The fraction of sp³-hybridized carbons (Fsp3) is 0.500. The lowest BCUT2D eigenvalue weighted by Crippen LogP contribution is -2.25. The Balaban J connectivity index is 2.98. The molecule has 0 radical (unpaired) electrons. The second-order valence-electron chi connectivity index (χ2n) is 3.01. The summed E-state index contributed by atoms with van der Waals surface area (Å²) in [6.45, 7) is 3.56. The molecule has 0 atom stereocenters. The molecule has 0 bridgehead atoms. The van der Waals surface area contributed by atoms with E-state index in [-0.39, 0.29) is 23.8 Å². The zero-order valence-electron chi connectivity index (χ0n) is 9.50. The molecule has 7 heteroatoms. The lowest BCUT2D eigenvalue weighted by atomic mass is 10.1. The topological polar surface area (TPSA) is 85.7 Å². The van der Waals surface area contributed by atoms with Crippen LogP contribution in [0.15, 0.2) is 6.20 Å². The van der Waals surface area contributed by atoms with Gasteiger partial charge in [-0.15, -0.1) is 0 Å². The standard InChI is InChI=1S/C10H13NO5S/c1-3-15-9(13)7(10(14)16-4-2)8-6(12)5-11-17-8/h5,7,12H,3-4H2,1-2H3. The summed E-state index contributed by atoms with van der Waals surface area (Å²) in [5.74, 6) is -2.96. The molecule has 0 aliphatic heterocycles. The summed E-state index contributed by atoms with van der Waals surface area (Å²) in [7, 11) is 0. The zero-order valence-corrected chi connectivity index (χ0v) is 10.3. The van der Waals surface area contributed by atoms with Crippen molar-refractivity contribution in [3.8, 4) is 5.75 Å². The molecule has 0 saturated heterocycles. The number of aromatic hydroxyl groups is 1. The highest BCUT2D eigenvalue weighted by Gasteiger charge is 2.35. The highest BCUT2D eigenvalue weighted by atomic mass is 32.1. The fourth-order valence-electron chi connectivity index (χ4n) is 1.21. The molecule has 1 heterocycles. The van der Waals surface area contributed by atoms with Gasteiger partial charge in [-0.1, -0.05) is 0 Å². The molecule has 17 heavy (non-hydrogen) atoms. The van der Waals surface area contributed by atoms with E-state index in [9.17, 15) is 14.7 Å². The normalized spacial score (nSPS) is 10.3. The molecular formula is C10H13NO5S. The number of aromatic nitrogens is 1. The molecule has 0 saturated carbocycles. The predicted molar refractivity (Wildman–Crippen MR) is 59.8 cm³/mol. The van der Waals surface area contributed by atoms with E-state index >= 15 is 0 Å². The Labute approximate surface area is 102 Å². The maximum Gasteiger partial charge on any atom is 0.325 e. The average Bonchev–Trinajstić information content (AvgIpc) is 2.66. The van der Waals surface area contributed by atoms with Gasteiger partial charge >= 0.3 is 11.9 Å². The van der Waals surface area contributed by atoms with Gasteiger partial charge in [-0.2, -0.15) is 4.37 Å². The SMILES string of the molecule is CCOC(=O)C(C(=O)OCC)c1sncc1O. The Morgan fingerprint density at radius 2 is 1.88 bits per heavy atom. The lowest BCUT2D eigenvalue weighted by molar-refractivity contribution is -0.156. The molecule has 1 rings (SSSR count). The molecule has 0 fully saturated rings. The first-order valence-electron chi connectivity index (χ1n) is 5.08. The van der Waals surface area contributed by atoms with E-state index in [1.807, 2.05) is 0 Å². The van der Waals surface area contributed by atoms with Gasteiger partial charge in [-0.3, -0.25) is 9.59 Å². The van der Waals surface area contributed by atoms with Crippen LogP contribution in [0.3, 0.4) is 0 Å². The van der Waals surface area contributed by atoms with Crippen molar-refractivity contribution in [1.82, 2.24) is 4.37 Å². The minimum absolute atomic E-state index is 0.141. The highest BCUT2D eigenvalue weighted by molar-refractivity contribution is 7.06. The van der Waals surface area contributed by atoms with Crippen molar-refractivity contribution >= 4 is 23.5 Å². The van der Waals surface area contributed by atoms with Gasteiger partial charge in [0.15, 0.2) is 11.7 Å². The van der Waals surface area contributed by atoms with Gasteiger partial charge in [0, 0.05) is 0 Å². The largest absolute Gasteiger partial charge is 0.505 e. The van der Waals surface area contributed by atoms with Gasteiger partial charge in [0.05, 0.1) is 24.3 Å². The van der Waals surface area contributed by atoms with Crippen molar-refractivity contribution < 1.29 is 24.2 Å². The Morgan fingerprint density at radius 1 is 1.35 bits per heavy atom. The molecule has 1 N–H and O–H groups in total. The first-order chi connectivity index (χ1) is 8.11. The number of hydrogen-bond donors (Lipinski definition) is 1. The Morgan fingerprint density at radius 3 is 2.24 bits per heavy atom. The van der Waals surface area contributed by atoms with Gasteiger partial charge in [0.25, 0.3) is 0 Å². The number of esters is 2. The average molecular weight is 259 g/mol. The van der Waals surface area contributed by atoms with Crippen LogP contribution < -0.4 is 0 Å². The second-order valence-corrected chi connectivity index (χ2v) is 3.85. The molecule has 1 aromatic heterocycles. The van der Waals surface area contributed by atoms with Crippen LogP contribution in [0.1, 0.15) is 24.6 Å². The third-order valence-electron chi connectivity index (χ3n) is 1.89. The minimum Gasteiger partial charge on any atom is -0.505 e. The maximum absolute atomic E-state index is 11.7. The molecule has 1 aromatic rings. The summed E-state index contributed by atoms with van der Waals surface area (Å²) < 4.78 is 13.3. The summed E-state index contributed by atoms with van der Waals surface area (Å²) in [6.07, 6.45) is 1.17. The van der Waals surface area contributed by atoms with Gasteiger partial charge < -0.3 is 14.6 Å². The molecule has 0 aliphatic carbocycles.